The van der Waals surface area contributed by atoms with Gasteiger partial charge in [0.1, 0.15) is 0 Å². The quantitative estimate of drug-likeness (QED) is 0.860. The van der Waals surface area contributed by atoms with E-state index in [0.717, 1.165) is 13.1 Å². The third-order valence-electron chi connectivity index (χ3n) is 5.12. The van der Waals surface area contributed by atoms with Crippen LogP contribution in [0.25, 0.3) is 0 Å². The van der Waals surface area contributed by atoms with Crippen molar-refractivity contribution in [2.75, 3.05) is 19.6 Å². The summed E-state index contributed by atoms with van der Waals surface area (Å²) in [5, 5.41) is 3.77. The number of nitrogens with zero attached hydrogens (tertiary/aromatic N) is 1. The zero-order valence-electron chi connectivity index (χ0n) is 15.0. The fourth-order valence-electron chi connectivity index (χ4n) is 3.95. The molecule has 2 aliphatic heterocycles. The normalized spacial score (nSPS) is 34.3. The summed E-state index contributed by atoms with van der Waals surface area (Å²) < 4.78 is 6.25. The molecule has 0 spiro atoms. The average Bonchev–Trinajstić information content (AvgIpc) is 2.68. The van der Waals surface area contributed by atoms with Gasteiger partial charge in [0, 0.05) is 31.7 Å². The van der Waals surface area contributed by atoms with Crippen LogP contribution < -0.4 is 5.32 Å². The highest BCUT2D eigenvalue weighted by molar-refractivity contribution is 4.94. The molecule has 0 amide bonds. The fraction of sp³-hybridized carbons (Fsp3) is 1.00. The van der Waals surface area contributed by atoms with E-state index in [1.807, 2.05) is 0 Å². The van der Waals surface area contributed by atoms with Crippen LogP contribution in [-0.4, -0.2) is 48.3 Å². The van der Waals surface area contributed by atoms with Gasteiger partial charge in [0.2, 0.25) is 0 Å². The van der Waals surface area contributed by atoms with Crippen molar-refractivity contribution in [2.24, 2.45) is 5.41 Å². The predicted octanol–water partition coefficient (Wildman–Crippen LogP) is 3.43. The second kappa shape index (κ2) is 6.55. The van der Waals surface area contributed by atoms with E-state index >= 15 is 0 Å². The predicted molar refractivity (Wildman–Crippen MR) is 89.7 cm³/mol. The van der Waals surface area contributed by atoms with E-state index in [-0.39, 0.29) is 5.60 Å². The number of ether oxygens (including phenoxy) is 1. The first-order chi connectivity index (χ1) is 9.71. The molecule has 3 atom stereocenters. The van der Waals surface area contributed by atoms with E-state index in [1.165, 1.54) is 32.2 Å². The molecule has 0 aliphatic carbocycles. The Kier molecular flexibility index (Phi) is 5.38. The Morgan fingerprint density at radius 2 is 2.00 bits per heavy atom. The minimum atomic E-state index is 0.0821. The lowest BCUT2D eigenvalue weighted by Crippen LogP contribution is -2.61. The molecule has 0 aromatic heterocycles. The second-order valence-electron chi connectivity index (χ2n) is 8.77. The van der Waals surface area contributed by atoms with Crippen LogP contribution in [0.4, 0.5) is 0 Å². The molecule has 3 heteroatoms. The van der Waals surface area contributed by atoms with E-state index in [1.54, 1.807) is 0 Å². The van der Waals surface area contributed by atoms with Crippen molar-refractivity contribution in [3.05, 3.63) is 0 Å². The van der Waals surface area contributed by atoms with Crippen molar-refractivity contribution in [2.45, 2.75) is 91.0 Å². The maximum absolute atomic E-state index is 6.25. The summed E-state index contributed by atoms with van der Waals surface area (Å²) in [7, 11) is 0. The molecule has 0 bridgehead atoms. The lowest BCUT2D eigenvalue weighted by atomic mass is 9.83. The Morgan fingerprint density at radius 3 is 2.52 bits per heavy atom. The van der Waals surface area contributed by atoms with Crippen molar-refractivity contribution >= 4 is 0 Å². The highest BCUT2D eigenvalue weighted by atomic mass is 16.5. The molecular formula is C18H36N2O. The lowest BCUT2D eigenvalue weighted by Gasteiger charge is -2.47. The Labute approximate surface area is 131 Å². The summed E-state index contributed by atoms with van der Waals surface area (Å²) in [6, 6.07) is 1.26. The Hall–Kier alpha value is -0.120. The molecule has 1 N–H and O–H groups in total. The van der Waals surface area contributed by atoms with Gasteiger partial charge in [-0.15, -0.1) is 0 Å². The summed E-state index contributed by atoms with van der Waals surface area (Å²) in [6.45, 7) is 17.2. The first-order valence-electron chi connectivity index (χ1n) is 8.86. The Balaban J connectivity index is 2.00. The van der Waals surface area contributed by atoms with Gasteiger partial charge in [0.05, 0.1) is 11.7 Å². The van der Waals surface area contributed by atoms with Gasteiger partial charge in [-0.25, -0.2) is 0 Å². The van der Waals surface area contributed by atoms with Crippen LogP contribution in [0.15, 0.2) is 0 Å². The van der Waals surface area contributed by atoms with Gasteiger partial charge in [-0.3, -0.25) is 4.90 Å². The van der Waals surface area contributed by atoms with Gasteiger partial charge in [0.25, 0.3) is 0 Å². The van der Waals surface area contributed by atoms with Gasteiger partial charge in [-0.2, -0.15) is 0 Å². The highest BCUT2D eigenvalue weighted by Crippen LogP contribution is 2.32. The maximum Gasteiger partial charge on any atom is 0.0710 e. The number of nitrogens with one attached hydrogen (secondary N) is 1. The number of rotatable bonds is 4. The molecule has 2 heterocycles. The van der Waals surface area contributed by atoms with Crippen LogP contribution in [0.5, 0.6) is 0 Å². The molecule has 21 heavy (non-hydrogen) atoms. The molecule has 0 saturated carbocycles. The molecule has 0 aromatic carbocycles. The largest absolute Gasteiger partial charge is 0.371 e. The second-order valence-corrected chi connectivity index (χ2v) is 8.77. The monoisotopic (exact) mass is 296 g/mol. The van der Waals surface area contributed by atoms with Crippen molar-refractivity contribution in [3.8, 4) is 0 Å². The van der Waals surface area contributed by atoms with E-state index in [4.69, 9.17) is 4.74 Å². The van der Waals surface area contributed by atoms with Crippen molar-refractivity contribution in [1.29, 1.82) is 0 Å². The molecule has 0 radical (unpaired) electrons. The van der Waals surface area contributed by atoms with E-state index in [9.17, 15) is 0 Å². The van der Waals surface area contributed by atoms with Crippen LogP contribution in [-0.2, 0) is 4.74 Å². The first kappa shape index (κ1) is 17.2. The van der Waals surface area contributed by atoms with Crippen LogP contribution in [0.1, 0.15) is 67.2 Å². The summed E-state index contributed by atoms with van der Waals surface area (Å²) in [5.74, 6) is 0. The van der Waals surface area contributed by atoms with Crippen molar-refractivity contribution < 1.29 is 4.74 Å². The van der Waals surface area contributed by atoms with Gasteiger partial charge >= 0.3 is 0 Å². The number of hydrogen-bond donors (Lipinski definition) is 1. The topological polar surface area (TPSA) is 24.5 Å². The molecular weight excluding hydrogens is 260 g/mol. The molecule has 2 saturated heterocycles. The van der Waals surface area contributed by atoms with Gasteiger partial charge in [-0.1, -0.05) is 34.1 Å². The van der Waals surface area contributed by atoms with E-state index < -0.39 is 0 Å². The first-order valence-corrected chi connectivity index (χ1v) is 8.86. The SMILES string of the molecule is CCCC1CN(CC2CCC(C)(C)O2)C(C(C)(C)C)CN1. The summed E-state index contributed by atoms with van der Waals surface area (Å²) in [5.41, 5.74) is 0.400. The molecule has 2 rings (SSSR count). The van der Waals surface area contributed by atoms with Crippen LogP contribution in [0, 0.1) is 5.41 Å². The van der Waals surface area contributed by atoms with Crippen LogP contribution in [0.3, 0.4) is 0 Å². The summed E-state index contributed by atoms with van der Waals surface area (Å²) >= 11 is 0. The summed E-state index contributed by atoms with van der Waals surface area (Å²) in [6.07, 6.45) is 5.38. The third kappa shape index (κ3) is 4.67. The molecule has 0 aromatic rings. The minimum absolute atomic E-state index is 0.0821. The molecule has 2 aliphatic rings. The lowest BCUT2D eigenvalue weighted by molar-refractivity contribution is -0.0487. The highest BCUT2D eigenvalue weighted by Gasteiger charge is 2.39. The Morgan fingerprint density at radius 1 is 1.29 bits per heavy atom. The van der Waals surface area contributed by atoms with Crippen LogP contribution >= 0.6 is 0 Å². The van der Waals surface area contributed by atoms with Gasteiger partial charge in [-0.05, 0) is 38.5 Å². The molecule has 124 valence electrons. The maximum atomic E-state index is 6.25. The number of piperazine rings is 1. The minimum Gasteiger partial charge on any atom is -0.371 e. The summed E-state index contributed by atoms with van der Waals surface area (Å²) in [4.78, 5) is 2.71. The van der Waals surface area contributed by atoms with Gasteiger partial charge < -0.3 is 10.1 Å². The zero-order chi connectivity index (χ0) is 15.7. The average molecular weight is 296 g/mol. The fourth-order valence-corrected chi connectivity index (χ4v) is 3.95. The number of hydrogen-bond acceptors (Lipinski definition) is 3. The van der Waals surface area contributed by atoms with Crippen LogP contribution in [0.2, 0.25) is 0 Å². The van der Waals surface area contributed by atoms with E-state index in [0.29, 0.717) is 23.6 Å². The molecule has 3 unspecified atom stereocenters. The molecule has 3 nitrogen and oxygen atoms in total. The van der Waals surface area contributed by atoms with E-state index in [2.05, 4.69) is 51.8 Å². The Bertz CT molecular complexity index is 335. The van der Waals surface area contributed by atoms with Crippen molar-refractivity contribution in [1.82, 2.24) is 10.2 Å². The third-order valence-corrected chi connectivity index (χ3v) is 5.12. The standard InChI is InChI=1S/C18H36N2O/c1-7-8-14-12-20(16(11-19-14)17(2,3)4)13-15-9-10-18(5,6)21-15/h14-16,19H,7-13H2,1-6H3. The zero-order valence-corrected chi connectivity index (χ0v) is 15.0. The van der Waals surface area contributed by atoms with Crippen molar-refractivity contribution in [3.63, 3.8) is 0 Å². The smallest absolute Gasteiger partial charge is 0.0710 e. The molecule has 2 fully saturated rings. The van der Waals surface area contributed by atoms with Gasteiger partial charge in [0.15, 0.2) is 0 Å².